The average Bonchev–Trinajstić information content (AvgIpc) is 3.24. The van der Waals surface area contributed by atoms with Crippen molar-refractivity contribution in [1.29, 1.82) is 0 Å². The first-order chi connectivity index (χ1) is 15.5. The number of hydrogen-bond donors (Lipinski definition) is 2. The zero-order chi connectivity index (χ0) is 22.9. The van der Waals surface area contributed by atoms with Gasteiger partial charge >= 0.3 is 0 Å². The summed E-state index contributed by atoms with van der Waals surface area (Å²) in [5.74, 6) is 0.736. The maximum absolute atomic E-state index is 13.2. The van der Waals surface area contributed by atoms with Crippen LogP contribution in [0.25, 0.3) is 0 Å². The number of ether oxygens (including phenoxy) is 2. The fourth-order valence-electron chi connectivity index (χ4n) is 4.02. The SMILES string of the molecule is CCC(CC)C(C(=O)Nc1cnn(CC(=O)Nc2ccc(OC)cc2)c1)N1CCOCC1. The first-order valence-electron chi connectivity index (χ1n) is 11.1. The summed E-state index contributed by atoms with van der Waals surface area (Å²) in [7, 11) is 1.59. The van der Waals surface area contributed by atoms with Crippen LogP contribution in [0.15, 0.2) is 36.7 Å². The summed E-state index contributed by atoms with van der Waals surface area (Å²) in [4.78, 5) is 27.7. The van der Waals surface area contributed by atoms with Gasteiger partial charge in [-0.15, -0.1) is 0 Å². The first kappa shape index (κ1) is 23.7. The molecule has 1 unspecified atom stereocenters. The molecule has 2 heterocycles. The number of carbonyl (C=O) groups excluding carboxylic acids is 2. The molecule has 1 fully saturated rings. The Balaban J connectivity index is 1.59. The van der Waals surface area contributed by atoms with Crippen LogP contribution in [0.5, 0.6) is 5.75 Å². The smallest absolute Gasteiger partial charge is 0.246 e. The van der Waals surface area contributed by atoms with Gasteiger partial charge in [0.1, 0.15) is 12.3 Å². The Morgan fingerprint density at radius 2 is 1.78 bits per heavy atom. The molecule has 1 aliphatic rings. The van der Waals surface area contributed by atoms with Crippen LogP contribution in [0.1, 0.15) is 26.7 Å². The third kappa shape index (κ3) is 6.30. The van der Waals surface area contributed by atoms with E-state index in [4.69, 9.17) is 9.47 Å². The summed E-state index contributed by atoms with van der Waals surface area (Å²) in [5.41, 5.74) is 1.26. The number of nitrogens with one attached hydrogen (secondary N) is 2. The van der Waals surface area contributed by atoms with Crippen LogP contribution in [0.2, 0.25) is 0 Å². The molecule has 1 aromatic heterocycles. The molecule has 32 heavy (non-hydrogen) atoms. The number of morpholine rings is 1. The average molecular weight is 444 g/mol. The molecule has 3 rings (SSSR count). The number of amides is 2. The van der Waals surface area contributed by atoms with Gasteiger partial charge in [-0.25, -0.2) is 0 Å². The number of methoxy groups -OCH3 is 1. The highest BCUT2D eigenvalue weighted by Gasteiger charge is 2.33. The van der Waals surface area contributed by atoms with Crippen molar-refractivity contribution in [1.82, 2.24) is 14.7 Å². The highest BCUT2D eigenvalue weighted by Crippen LogP contribution is 2.22. The van der Waals surface area contributed by atoms with E-state index in [1.807, 2.05) is 0 Å². The molecule has 0 spiro atoms. The van der Waals surface area contributed by atoms with Crippen LogP contribution in [0, 0.1) is 5.92 Å². The van der Waals surface area contributed by atoms with Gasteiger partial charge in [0.2, 0.25) is 11.8 Å². The Hall–Kier alpha value is -2.91. The van der Waals surface area contributed by atoms with Crippen molar-refractivity contribution in [3.63, 3.8) is 0 Å². The predicted molar refractivity (Wildman–Crippen MR) is 123 cm³/mol. The lowest BCUT2D eigenvalue weighted by Crippen LogP contribution is -2.52. The molecule has 2 N–H and O–H groups in total. The number of rotatable bonds is 10. The first-order valence-corrected chi connectivity index (χ1v) is 11.1. The van der Waals surface area contributed by atoms with Gasteiger partial charge in [-0.3, -0.25) is 19.2 Å². The van der Waals surface area contributed by atoms with E-state index >= 15 is 0 Å². The van der Waals surface area contributed by atoms with E-state index in [2.05, 4.69) is 34.5 Å². The van der Waals surface area contributed by atoms with E-state index in [0.717, 1.165) is 31.7 Å². The molecular formula is C23H33N5O4. The maximum atomic E-state index is 13.2. The third-order valence-corrected chi connectivity index (χ3v) is 5.78. The van der Waals surface area contributed by atoms with E-state index in [9.17, 15) is 9.59 Å². The topological polar surface area (TPSA) is 97.7 Å². The van der Waals surface area contributed by atoms with Crippen molar-refractivity contribution in [2.75, 3.05) is 44.0 Å². The second kappa shape index (κ2) is 11.6. The minimum Gasteiger partial charge on any atom is -0.497 e. The van der Waals surface area contributed by atoms with Crippen molar-refractivity contribution in [3.8, 4) is 5.75 Å². The molecule has 9 heteroatoms. The molecular weight excluding hydrogens is 410 g/mol. The Bertz CT molecular complexity index is 873. The van der Waals surface area contributed by atoms with Crippen molar-refractivity contribution < 1.29 is 19.1 Å². The predicted octanol–water partition coefficient (Wildman–Crippen LogP) is 2.61. The van der Waals surface area contributed by atoms with Gasteiger partial charge in [0.05, 0.1) is 38.2 Å². The molecule has 0 aliphatic carbocycles. The lowest BCUT2D eigenvalue weighted by Gasteiger charge is -2.37. The molecule has 0 saturated carbocycles. The number of nitrogens with zero attached hydrogens (tertiary/aromatic N) is 3. The fraction of sp³-hybridized carbons (Fsp3) is 0.522. The molecule has 0 radical (unpaired) electrons. The zero-order valence-electron chi connectivity index (χ0n) is 19.0. The van der Waals surface area contributed by atoms with Crippen LogP contribution in [0.3, 0.4) is 0 Å². The molecule has 1 aromatic carbocycles. The molecule has 1 atom stereocenters. The summed E-state index contributed by atoms with van der Waals surface area (Å²) in [6, 6.07) is 6.89. The van der Waals surface area contributed by atoms with Gasteiger partial charge in [-0.2, -0.15) is 5.10 Å². The molecule has 174 valence electrons. The maximum Gasteiger partial charge on any atom is 0.246 e. The number of aromatic nitrogens is 2. The van der Waals surface area contributed by atoms with Crippen LogP contribution < -0.4 is 15.4 Å². The Kier molecular flexibility index (Phi) is 8.64. The van der Waals surface area contributed by atoms with Gasteiger partial charge in [0, 0.05) is 25.0 Å². The second-order valence-corrected chi connectivity index (χ2v) is 7.86. The third-order valence-electron chi connectivity index (χ3n) is 5.78. The normalized spacial score (nSPS) is 15.4. The van der Waals surface area contributed by atoms with E-state index in [1.54, 1.807) is 43.8 Å². The van der Waals surface area contributed by atoms with Crippen LogP contribution in [-0.2, 0) is 20.9 Å². The van der Waals surface area contributed by atoms with Crippen molar-refractivity contribution in [2.45, 2.75) is 39.3 Å². The summed E-state index contributed by atoms with van der Waals surface area (Å²) in [6.07, 6.45) is 5.10. The van der Waals surface area contributed by atoms with Crippen LogP contribution in [0.4, 0.5) is 11.4 Å². The summed E-state index contributed by atoms with van der Waals surface area (Å²) >= 11 is 0. The van der Waals surface area contributed by atoms with E-state index in [1.165, 1.54) is 4.68 Å². The standard InChI is InChI=1S/C23H33N5O4/c1-4-17(5-2)22(27-10-12-32-13-11-27)23(30)26-19-14-24-28(15-19)16-21(29)25-18-6-8-20(31-3)9-7-18/h6-9,14-15,17,22H,4-5,10-13,16H2,1-3H3,(H,25,29)(H,26,30). The molecule has 9 nitrogen and oxygen atoms in total. The fourth-order valence-corrected chi connectivity index (χ4v) is 4.02. The summed E-state index contributed by atoms with van der Waals surface area (Å²) in [6.45, 7) is 7.07. The number of hydrogen-bond acceptors (Lipinski definition) is 6. The van der Waals surface area contributed by atoms with Gasteiger partial charge < -0.3 is 20.1 Å². The Labute approximate surface area is 189 Å². The molecule has 2 aromatic rings. The highest BCUT2D eigenvalue weighted by atomic mass is 16.5. The summed E-state index contributed by atoms with van der Waals surface area (Å²) in [5, 5.41) is 10.0. The van der Waals surface area contributed by atoms with Crippen molar-refractivity contribution >= 4 is 23.2 Å². The molecule has 1 aliphatic heterocycles. The second-order valence-electron chi connectivity index (χ2n) is 7.86. The Morgan fingerprint density at radius 1 is 1.09 bits per heavy atom. The lowest BCUT2D eigenvalue weighted by atomic mass is 9.91. The van der Waals surface area contributed by atoms with Crippen LogP contribution in [-0.4, -0.2) is 65.9 Å². The molecule has 2 amide bonds. The number of anilines is 2. The Morgan fingerprint density at radius 3 is 2.41 bits per heavy atom. The van der Waals surface area contributed by atoms with Gasteiger partial charge in [0.25, 0.3) is 0 Å². The lowest BCUT2D eigenvalue weighted by molar-refractivity contribution is -0.125. The zero-order valence-corrected chi connectivity index (χ0v) is 19.0. The van der Waals surface area contributed by atoms with Gasteiger partial charge in [-0.05, 0) is 30.2 Å². The van der Waals surface area contributed by atoms with Crippen molar-refractivity contribution in [2.24, 2.45) is 5.92 Å². The number of benzene rings is 1. The highest BCUT2D eigenvalue weighted by molar-refractivity contribution is 5.95. The minimum absolute atomic E-state index is 0.0390. The molecule has 1 saturated heterocycles. The van der Waals surface area contributed by atoms with Crippen LogP contribution >= 0.6 is 0 Å². The van der Waals surface area contributed by atoms with E-state index < -0.39 is 0 Å². The quantitative estimate of drug-likeness (QED) is 0.586. The molecule has 0 bridgehead atoms. The number of carbonyl (C=O) groups is 2. The van der Waals surface area contributed by atoms with Crippen molar-refractivity contribution in [3.05, 3.63) is 36.7 Å². The largest absolute Gasteiger partial charge is 0.497 e. The minimum atomic E-state index is -0.212. The monoisotopic (exact) mass is 443 g/mol. The summed E-state index contributed by atoms with van der Waals surface area (Å²) < 4.78 is 12.1. The van der Waals surface area contributed by atoms with Gasteiger partial charge in [0.15, 0.2) is 0 Å². The van der Waals surface area contributed by atoms with E-state index in [0.29, 0.717) is 24.6 Å². The van der Waals surface area contributed by atoms with Gasteiger partial charge in [-0.1, -0.05) is 26.7 Å². The van der Waals surface area contributed by atoms with E-state index in [-0.39, 0.29) is 30.3 Å².